The molecule has 0 amide bonds. The molecule has 0 aromatic carbocycles. The number of allylic oxidation sites excluding steroid dienone is 1. The fourth-order valence-corrected chi connectivity index (χ4v) is 0.455. The van der Waals surface area contributed by atoms with Crippen molar-refractivity contribution in [2.24, 2.45) is 0 Å². The third-order valence-electron chi connectivity index (χ3n) is 1.03. The molecule has 0 fully saturated rings. The van der Waals surface area contributed by atoms with Crippen LogP contribution in [-0.4, -0.2) is 11.7 Å². The van der Waals surface area contributed by atoms with Crippen molar-refractivity contribution in [2.45, 2.75) is 26.7 Å². The van der Waals surface area contributed by atoms with E-state index in [-0.39, 0.29) is 6.61 Å². The molecule has 0 atom stereocenters. The van der Waals surface area contributed by atoms with Crippen molar-refractivity contribution < 1.29 is 5.11 Å². The van der Waals surface area contributed by atoms with Crippen LogP contribution in [-0.2, 0) is 0 Å². The molecule has 1 N–H and O–H groups in total. The van der Waals surface area contributed by atoms with Crippen molar-refractivity contribution in [1.82, 2.24) is 0 Å². The highest BCUT2D eigenvalue weighted by Gasteiger charge is 1.80. The van der Waals surface area contributed by atoms with Gasteiger partial charge >= 0.3 is 0 Å². The minimum absolute atomic E-state index is 0.208. The lowest BCUT2D eigenvalue weighted by Gasteiger charge is -1.90. The average Bonchev–Trinajstić information content (AvgIpc) is 1.83. The van der Waals surface area contributed by atoms with E-state index in [9.17, 15) is 0 Å². The van der Waals surface area contributed by atoms with Gasteiger partial charge in [-0.05, 0) is 13.3 Å². The van der Waals surface area contributed by atoms with Crippen LogP contribution in [0.15, 0.2) is 11.6 Å². The topological polar surface area (TPSA) is 20.2 Å². The van der Waals surface area contributed by atoms with Crippen LogP contribution in [0.5, 0.6) is 0 Å². The first-order valence-electron chi connectivity index (χ1n) is 3.07. The molecule has 0 rings (SSSR count). The highest BCUT2D eigenvalue weighted by Crippen LogP contribution is 1.95. The summed E-state index contributed by atoms with van der Waals surface area (Å²) in [6.07, 6.45) is 4.32. The first-order valence-corrected chi connectivity index (χ1v) is 3.07. The summed E-state index contributed by atoms with van der Waals surface area (Å²) in [5, 5.41) is 8.49. The van der Waals surface area contributed by atoms with Gasteiger partial charge in [-0.15, -0.1) is 0 Å². The molecule has 0 aliphatic rings. The van der Waals surface area contributed by atoms with E-state index in [0.29, 0.717) is 0 Å². The second kappa shape index (κ2) is 4.85. The third-order valence-corrected chi connectivity index (χ3v) is 1.03. The SMILES string of the molecule is CCCC=C(C)CO. The van der Waals surface area contributed by atoms with Crippen LogP contribution in [0.2, 0.25) is 0 Å². The summed E-state index contributed by atoms with van der Waals surface area (Å²) >= 11 is 0. The van der Waals surface area contributed by atoms with Gasteiger partial charge in [0.05, 0.1) is 6.61 Å². The maximum absolute atomic E-state index is 8.49. The van der Waals surface area contributed by atoms with Gasteiger partial charge in [-0.1, -0.05) is 25.0 Å². The molecule has 0 aromatic rings. The van der Waals surface area contributed by atoms with Crippen molar-refractivity contribution in [2.75, 3.05) is 6.61 Å². The first-order chi connectivity index (χ1) is 3.81. The fourth-order valence-electron chi connectivity index (χ4n) is 0.455. The zero-order valence-electron chi connectivity index (χ0n) is 5.65. The molecule has 0 aliphatic carbocycles. The van der Waals surface area contributed by atoms with Crippen LogP contribution in [0, 0.1) is 0 Å². The molecule has 0 aromatic heterocycles. The van der Waals surface area contributed by atoms with E-state index in [2.05, 4.69) is 13.0 Å². The van der Waals surface area contributed by atoms with E-state index in [4.69, 9.17) is 5.11 Å². The Morgan fingerprint density at radius 3 is 2.62 bits per heavy atom. The van der Waals surface area contributed by atoms with Gasteiger partial charge in [0.15, 0.2) is 0 Å². The number of rotatable bonds is 3. The Kier molecular flexibility index (Phi) is 4.67. The fraction of sp³-hybridized carbons (Fsp3) is 0.714. The molecule has 48 valence electrons. The van der Waals surface area contributed by atoms with Gasteiger partial charge in [-0.25, -0.2) is 0 Å². The molecule has 8 heavy (non-hydrogen) atoms. The second-order valence-electron chi connectivity index (χ2n) is 2.00. The zero-order chi connectivity index (χ0) is 6.41. The Labute approximate surface area is 51.0 Å². The second-order valence-corrected chi connectivity index (χ2v) is 2.00. The molecule has 0 radical (unpaired) electrons. The van der Waals surface area contributed by atoms with Gasteiger partial charge < -0.3 is 5.11 Å². The Bertz CT molecular complexity index is 74.5. The van der Waals surface area contributed by atoms with E-state index in [1.54, 1.807) is 0 Å². The van der Waals surface area contributed by atoms with Crippen LogP contribution < -0.4 is 0 Å². The van der Waals surface area contributed by atoms with E-state index in [0.717, 1.165) is 18.4 Å². The highest BCUT2D eigenvalue weighted by molar-refractivity contribution is 4.96. The Balaban J connectivity index is 3.26. The summed E-state index contributed by atoms with van der Waals surface area (Å²) in [6.45, 7) is 4.27. The summed E-state index contributed by atoms with van der Waals surface area (Å²) in [4.78, 5) is 0. The molecule has 1 heteroatoms. The summed E-state index contributed by atoms with van der Waals surface area (Å²) in [7, 11) is 0. The maximum Gasteiger partial charge on any atom is 0.0639 e. The van der Waals surface area contributed by atoms with Crippen molar-refractivity contribution in [3.8, 4) is 0 Å². The first kappa shape index (κ1) is 7.70. The standard InChI is InChI=1S/C7H14O/c1-3-4-5-7(2)6-8/h5,8H,3-4,6H2,1-2H3. The van der Waals surface area contributed by atoms with Gasteiger partial charge in [0, 0.05) is 0 Å². The van der Waals surface area contributed by atoms with E-state index >= 15 is 0 Å². The predicted octanol–water partition coefficient (Wildman–Crippen LogP) is 1.73. The predicted molar refractivity (Wildman–Crippen MR) is 35.8 cm³/mol. The number of aliphatic hydroxyl groups excluding tert-OH is 1. The van der Waals surface area contributed by atoms with Crippen LogP contribution in [0.4, 0.5) is 0 Å². The molecule has 0 unspecified atom stereocenters. The summed E-state index contributed by atoms with van der Waals surface area (Å²) in [5.74, 6) is 0. The summed E-state index contributed by atoms with van der Waals surface area (Å²) < 4.78 is 0. The van der Waals surface area contributed by atoms with E-state index in [1.165, 1.54) is 0 Å². The van der Waals surface area contributed by atoms with Crippen LogP contribution in [0.25, 0.3) is 0 Å². The van der Waals surface area contributed by atoms with Crippen molar-refractivity contribution in [1.29, 1.82) is 0 Å². The number of aliphatic hydroxyl groups is 1. The van der Waals surface area contributed by atoms with Gasteiger partial charge in [-0.3, -0.25) is 0 Å². The normalized spacial score (nSPS) is 12.1. The Morgan fingerprint density at radius 1 is 1.62 bits per heavy atom. The van der Waals surface area contributed by atoms with Crippen molar-refractivity contribution in [3.63, 3.8) is 0 Å². The van der Waals surface area contributed by atoms with Crippen LogP contribution in [0.1, 0.15) is 26.7 Å². The molecule has 1 nitrogen and oxygen atoms in total. The molecular formula is C7H14O. The lowest BCUT2D eigenvalue weighted by Crippen LogP contribution is -1.82. The zero-order valence-corrected chi connectivity index (χ0v) is 5.65. The van der Waals surface area contributed by atoms with E-state index in [1.807, 2.05) is 6.92 Å². The Morgan fingerprint density at radius 2 is 2.25 bits per heavy atom. The smallest absolute Gasteiger partial charge is 0.0639 e. The average molecular weight is 114 g/mol. The molecule has 0 saturated carbocycles. The third kappa shape index (κ3) is 3.88. The van der Waals surface area contributed by atoms with Gasteiger partial charge in [0.1, 0.15) is 0 Å². The van der Waals surface area contributed by atoms with Crippen LogP contribution in [0.3, 0.4) is 0 Å². The van der Waals surface area contributed by atoms with Gasteiger partial charge in [0.25, 0.3) is 0 Å². The quantitative estimate of drug-likeness (QED) is 0.554. The number of hydrogen-bond acceptors (Lipinski definition) is 1. The van der Waals surface area contributed by atoms with Crippen LogP contribution >= 0.6 is 0 Å². The molecular weight excluding hydrogens is 100 g/mol. The highest BCUT2D eigenvalue weighted by atomic mass is 16.3. The van der Waals surface area contributed by atoms with E-state index < -0.39 is 0 Å². The summed E-state index contributed by atoms with van der Waals surface area (Å²) in [5.41, 5.74) is 1.08. The molecule has 0 spiro atoms. The van der Waals surface area contributed by atoms with Crippen molar-refractivity contribution in [3.05, 3.63) is 11.6 Å². The van der Waals surface area contributed by atoms with Gasteiger partial charge in [0.2, 0.25) is 0 Å². The Hall–Kier alpha value is -0.300. The molecule has 0 heterocycles. The molecule has 0 saturated heterocycles. The largest absolute Gasteiger partial charge is 0.392 e. The maximum atomic E-state index is 8.49. The molecule has 0 bridgehead atoms. The summed E-state index contributed by atoms with van der Waals surface area (Å²) in [6, 6.07) is 0. The number of hydrogen-bond donors (Lipinski definition) is 1. The minimum atomic E-state index is 0.208. The molecule has 0 aliphatic heterocycles. The lowest BCUT2D eigenvalue weighted by atomic mass is 10.2. The lowest BCUT2D eigenvalue weighted by molar-refractivity contribution is 0.331. The van der Waals surface area contributed by atoms with Crippen molar-refractivity contribution >= 4 is 0 Å². The number of unbranched alkanes of at least 4 members (excludes halogenated alkanes) is 1. The minimum Gasteiger partial charge on any atom is -0.392 e. The van der Waals surface area contributed by atoms with Gasteiger partial charge in [-0.2, -0.15) is 0 Å². The monoisotopic (exact) mass is 114 g/mol.